The largest absolute Gasteiger partial charge is 0.508 e. The van der Waals surface area contributed by atoms with E-state index in [1.54, 1.807) is 41.5 Å². The topological polar surface area (TPSA) is 619 Å². The van der Waals surface area contributed by atoms with Crippen LogP contribution in [0, 0.1) is 17.8 Å². The number of primary amides is 1. The summed E-state index contributed by atoms with van der Waals surface area (Å²) in [5.74, 6) is -14.1. The Kier molecular flexibility index (Phi) is 36.4. The first-order valence-electron chi connectivity index (χ1n) is 30.2. The molecule has 516 valence electrons. The number of carboxylic acids is 2. The normalized spacial score (nSPS) is 14.6. The highest BCUT2D eigenvalue weighted by Gasteiger charge is 2.37. The predicted octanol–water partition coefficient (Wildman–Crippen LogP) is -5.23. The first kappa shape index (κ1) is 80.4. The van der Waals surface area contributed by atoms with E-state index >= 15 is 0 Å². The number of aromatic hydroxyl groups is 1. The number of carbonyl (C=O) groups is 12. The number of phenols is 1. The number of rotatable bonds is 44. The van der Waals surface area contributed by atoms with Gasteiger partial charge in [-0.15, -0.1) is 0 Å². The average molecular weight is 1300 g/mol. The van der Waals surface area contributed by atoms with Gasteiger partial charge in [0, 0.05) is 32.5 Å². The monoisotopic (exact) mass is 1300 g/mol. The van der Waals surface area contributed by atoms with E-state index in [-0.39, 0.29) is 119 Å². The number of carbonyl (C=O) groups excluding carboxylic acids is 10. The van der Waals surface area contributed by atoms with Crippen molar-refractivity contribution in [3.05, 3.63) is 29.8 Å². The number of nitrogens with zero attached hydrogens (tertiary/aromatic N) is 3. The van der Waals surface area contributed by atoms with E-state index in [0.29, 0.717) is 5.56 Å². The number of phenolic OH excluding ortho intramolecular Hbond substituents is 1. The van der Waals surface area contributed by atoms with E-state index in [2.05, 4.69) is 62.8 Å². The summed E-state index contributed by atoms with van der Waals surface area (Å²) in [5, 5.41) is 51.8. The summed E-state index contributed by atoms with van der Waals surface area (Å²) in [4.78, 5) is 174. The van der Waals surface area contributed by atoms with Crippen LogP contribution in [0.25, 0.3) is 0 Å². The lowest BCUT2D eigenvalue weighted by molar-refractivity contribution is -0.142. The van der Waals surface area contributed by atoms with Crippen molar-refractivity contribution in [3.63, 3.8) is 0 Å². The van der Waals surface area contributed by atoms with Crippen molar-refractivity contribution in [3.8, 4) is 5.75 Å². The molecular formula is C57H98N20O15. The molecule has 0 radical (unpaired) electrons. The molecule has 0 saturated carbocycles. The molecule has 35 heteroatoms. The van der Waals surface area contributed by atoms with Gasteiger partial charge in [0.15, 0.2) is 17.9 Å². The van der Waals surface area contributed by atoms with Crippen molar-refractivity contribution in [2.75, 3.05) is 19.6 Å². The van der Waals surface area contributed by atoms with Crippen LogP contribution < -0.4 is 93.7 Å². The van der Waals surface area contributed by atoms with Crippen molar-refractivity contribution in [2.45, 2.75) is 192 Å². The van der Waals surface area contributed by atoms with Gasteiger partial charge in [-0.3, -0.25) is 67.7 Å². The Bertz CT molecular complexity index is 2740. The minimum absolute atomic E-state index is 0.0202. The first-order chi connectivity index (χ1) is 43.0. The average Bonchev–Trinajstić information content (AvgIpc) is 0.915. The van der Waals surface area contributed by atoms with Gasteiger partial charge in [0.2, 0.25) is 59.1 Å². The Balaban J connectivity index is 3.53. The number of nitrogens with two attached hydrogens (primary N) is 8. The number of aliphatic imine (C=N–C) groups is 3. The highest BCUT2D eigenvalue weighted by molar-refractivity contribution is 5.99. The zero-order chi connectivity index (χ0) is 69.9. The van der Waals surface area contributed by atoms with Crippen LogP contribution in [0.15, 0.2) is 39.2 Å². The fraction of sp³-hybridized carbons (Fsp3) is 0.632. The third-order valence-corrected chi connectivity index (χ3v) is 14.0. The molecule has 0 aliphatic carbocycles. The molecule has 1 rings (SSSR count). The second kappa shape index (κ2) is 41.7. The minimum Gasteiger partial charge on any atom is -0.508 e. The van der Waals surface area contributed by atoms with E-state index in [9.17, 15) is 72.9 Å². The zero-order valence-electron chi connectivity index (χ0n) is 53.3. The molecule has 92 heavy (non-hydrogen) atoms. The summed E-state index contributed by atoms with van der Waals surface area (Å²) in [6, 6.07) is -8.81. The molecule has 0 bridgehead atoms. The van der Waals surface area contributed by atoms with Crippen LogP contribution in [0.2, 0.25) is 0 Å². The number of hydrogen-bond donors (Lipinski definition) is 20. The van der Waals surface area contributed by atoms with Crippen LogP contribution in [0.1, 0.15) is 131 Å². The standard InChI is InChI=1S/C57H98N20O15/c1-8-30(6)44(53(90)69-31(7)45(82)73-38(24-28(2)3)50(87)71-35(13-10-22-67-56(62)63)47(84)76-41(54(91)92)26-32-15-17-33(78)18-16-32)77-49(86)36(14-11-23-68-57(64)65)72-51(88)39(25-29(4)5)74-52(89)40(27-42(59)79)75-48(85)37(19-20-43(80)81)70-46(83)34(58)12-9-21-66-55(60)61/h15-18,28-31,34-41,44,78H,8-14,19-27,58H2,1-7H3,(H2,59,79)(H,69,90)(H,70,83)(H,71,87)(H,72,88)(H,73,82)(H,74,89)(H,75,85)(H,76,84)(H,77,86)(H,80,81)(H,91,92)(H4,60,61,66)(H4,62,63,67)(H4,64,65,68)/t30-,31-,34-,35-,36-,37-,38-,39-,40-,41-,44-/m0/s1. The highest BCUT2D eigenvalue weighted by Crippen LogP contribution is 2.15. The fourth-order valence-corrected chi connectivity index (χ4v) is 8.88. The van der Waals surface area contributed by atoms with Crippen molar-refractivity contribution in [1.82, 2.24) is 47.9 Å². The molecule has 0 aliphatic rings. The predicted molar refractivity (Wildman–Crippen MR) is 339 cm³/mol. The summed E-state index contributed by atoms with van der Waals surface area (Å²) < 4.78 is 0. The van der Waals surface area contributed by atoms with Gasteiger partial charge in [0.1, 0.15) is 60.1 Å². The molecule has 0 spiro atoms. The van der Waals surface area contributed by atoms with Gasteiger partial charge in [-0.2, -0.15) is 0 Å². The number of hydrogen-bond acceptors (Lipinski definition) is 17. The summed E-state index contributed by atoms with van der Waals surface area (Å²) >= 11 is 0. The maximum atomic E-state index is 14.4. The quantitative estimate of drug-likeness (QED) is 0.0165. The molecule has 0 saturated heterocycles. The van der Waals surface area contributed by atoms with E-state index in [1.165, 1.54) is 31.2 Å². The Morgan fingerprint density at radius 2 is 0.837 bits per heavy atom. The van der Waals surface area contributed by atoms with E-state index in [0.717, 1.165) is 0 Å². The van der Waals surface area contributed by atoms with Crippen molar-refractivity contribution < 1.29 is 72.9 Å². The molecule has 28 N–H and O–H groups in total. The molecule has 10 amide bonds. The fourth-order valence-electron chi connectivity index (χ4n) is 8.88. The number of carboxylic acid groups (broad SMARTS) is 2. The smallest absolute Gasteiger partial charge is 0.326 e. The second-order valence-electron chi connectivity index (χ2n) is 23.1. The summed E-state index contributed by atoms with van der Waals surface area (Å²) in [7, 11) is 0. The maximum Gasteiger partial charge on any atom is 0.326 e. The van der Waals surface area contributed by atoms with Gasteiger partial charge in [0.05, 0.1) is 12.5 Å². The Hall–Kier alpha value is -9.57. The van der Waals surface area contributed by atoms with Crippen molar-refractivity contribution >= 4 is 88.9 Å². The van der Waals surface area contributed by atoms with E-state index in [4.69, 9.17) is 45.9 Å². The Morgan fingerprint density at radius 1 is 0.457 bits per heavy atom. The SMILES string of the molecule is CC[C@H](C)[C@H](NC(=O)[C@H](CCCN=C(N)N)NC(=O)[C@H](CC(C)C)NC(=O)[C@H](CC(N)=O)NC(=O)[C@H](CCC(=O)O)NC(=O)[C@@H](N)CCCN=C(N)N)C(=O)N[C@@H](C)C(=O)N[C@@H](CC(C)C)C(=O)N[C@@H](CCCN=C(N)N)C(=O)N[C@@H](Cc1ccc(O)cc1)C(=O)O. The second-order valence-corrected chi connectivity index (χ2v) is 23.1. The highest BCUT2D eigenvalue weighted by atomic mass is 16.4. The number of guanidine groups is 3. The number of amides is 10. The van der Waals surface area contributed by atoms with E-state index < -0.39 is 157 Å². The van der Waals surface area contributed by atoms with Gasteiger partial charge in [0.25, 0.3) is 0 Å². The minimum atomic E-state index is -1.80. The van der Waals surface area contributed by atoms with Crippen LogP contribution >= 0.6 is 0 Å². The van der Waals surface area contributed by atoms with Gasteiger partial charge in [-0.05, 0) is 100 Å². The van der Waals surface area contributed by atoms with Gasteiger partial charge < -0.3 is 109 Å². The van der Waals surface area contributed by atoms with Gasteiger partial charge in [-0.1, -0.05) is 60.1 Å². The third kappa shape index (κ3) is 32.8. The van der Waals surface area contributed by atoms with Crippen LogP contribution in [0.5, 0.6) is 5.75 Å². The Morgan fingerprint density at radius 3 is 1.26 bits per heavy atom. The molecule has 1 aromatic rings. The summed E-state index contributed by atoms with van der Waals surface area (Å²) in [6.45, 7) is 11.7. The number of benzene rings is 1. The van der Waals surface area contributed by atoms with Gasteiger partial charge >= 0.3 is 11.9 Å². The third-order valence-electron chi connectivity index (χ3n) is 14.0. The molecule has 35 nitrogen and oxygen atoms in total. The van der Waals surface area contributed by atoms with Crippen molar-refractivity contribution in [1.29, 1.82) is 0 Å². The summed E-state index contributed by atoms with van der Waals surface area (Å²) in [6.07, 6.45) is -1.65. The van der Waals surface area contributed by atoms with Crippen LogP contribution in [0.3, 0.4) is 0 Å². The molecule has 11 atom stereocenters. The molecule has 0 unspecified atom stereocenters. The lowest BCUT2D eigenvalue weighted by Gasteiger charge is -2.29. The lowest BCUT2D eigenvalue weighted by atomic mass is 9.97. The molecular weight excluding hydrogens is 1200 g/mol. The molecule has 0 fully saturated rings. The van der Waals surface area contributed by atoms with Crippen LogP contribution in [-0.4, -0.2) is 184 Å². The Labute approximate surface area is 534 Å². The van der Waals surface area contributed by atoms with E-state index in [1.807, 2.05) is 0 Å². The van der Waals surface area contributed by atoms with Crippen LogP contribution in [0.4, 0.5) is 0 Å². The molecule has 0 aliphatic heterocycles. The molecule has 0 aromatic heterocycles. The number of aliphatic carboxylic acids is 2. The summed E-state index contributed by atoms with van der Waals surface area (Å²) in [5.41, 5.74) is 44.6. The zero-order valence-corrected chi connectivity index (χ0v) is 53.3. The lowest BCUT2D eigenvalue weighted by Crippen LogP contribution is -2.61. The van der Waals surface area contributed by atoms with Crippen molar-refractivity contribution in [2.24, 2.45) is 78.6 Å². The first-order valence-corrected chi connectivity index (χ1v) is 30.2. The molecule has 1 aromatic carbocycles. The van der Waals surface area contributed by atoms with Gasteiger partial charge in [-0.25, -0.2) is 4.79 Å². The number of nitrogens with one attached hydrogen (secondary N) is 9. The maximum absolute atomic E-state index is 14.4. The molecule has 0 heterocycles. The van der Waals surface area contributed by atoms with Crippen LogP contribution in [-0.2, 0) is 64.0 Å².